The van der Waals surface area contributed by atoms with Crippen molar-refractivity contribution in [3.63, 3.8) is 0 Å². The lowest BCUT2D eigenvalue weighted by Gasteiger charge is -2.23. The smallest absolute Gasteiger partial charge is 0.00156 e. The maximum Gasteiger partial charge on any atom is -0.00156 e. The van der Waals surface area contributed by atoms with Crippen molar-refractivity contribution in [3.8, 4) is 0 Å². The number of benzene rings is 1. The van der Waals surface area contributed by atoms with E-state index in [-0.39, 0.29) is 5.41 Å². The van der Waals surface area contributed by atoms with Gasteiger partial charge in [0.15, 0.2) is 0 Å². The highest BCUT2D eigenvalue weighted by atomic mass is 15.1. The van der Waals surface area contributed by atoms with Crippen LogP contribution in [0.4, 0.5) is 0 Å². The van der Waals surface area contributed by atoms with Crippen molar-refractivity contribution >= 4 is 0 Å². The van der Waals surface area contributed by atoms with E-state index in [0.717, 1.165) is 0 Å². The zero-order valence-corrected chi connectivity index (χ0v) is 12.1. The molecule has 1 nitrogen and oxygen atoms in total. The Labute approximate surface area is 112 Å². The van der Waals surface area contributed by atoms with Crippen molar-refractivity contribution in [3.05, 3.63) is 35.4 Å². The van der Waals surface area contributed by atoms with Gasteiger partial charge >= 0.3 is 0 Å². The Morgan fingerprint density at radius 2 is 1.94 bits per heavy atom. The van der Waals surface area contributed by atoms with Crippen molar-refractivity contribution in [2.24, 2.45) is 0 Å². The van der Waals surface area contributed by atoms with Crippen LogP contribution in [0.5, 0.6) is 0 Å². The van der Waals surface area contributed by atoms with Crippen LogP contribution < -0.4 is 0 Å². The highest BCUT2D eigenvalue weighted by Gasteiger charge is 2.17. The minimum Gasteiger partial charge on any atom is -0.303 e. The molecule has 1 aromatic rings. The van der Waals surface area contributed by atoms with Gasteiger partial charge in [0.05, 0.1) is 0 Å². The molecule has 0 bridgehead atoms. The van der Waals surface area contributed by atoms with Crippen LogP contribution in [0.1, 0.15) is 51.2 Å². The summed E-state index contributed by atoms with van der Waals surface area (Å²) in [6.07, 6.45) is 5.26. The predicted molar refractivity (Wildman–Crippen MR) is 78.0 cm³/mol. The zero-order chi connectivity index (χ0) is 13.0. The predicted octanol–water partition coefficient (Wildman–Crippen LogP) is 3.81. The Hall–Kier alpha value is -0.820. The van der Waals surface area contributed by atoms with Gasteiger partial charge in [-0.1, -0.05) is 39.0 Å². The Balaban J connectivity index is 1.92. The summed E-state index contributed by atoms with van der Waals surface area (Å²) < 4.78 is 0. The lowest BCUT2D eigenvalue weighted by molar-refractivity contribution is 0.333. The second-order valence-corrected chi connectivity index (χ2v) is 6.49. The quantitative estimate of drug-likeness (QED) is 0.778. The molecule has 18 heavy (non-hydrogen) atoms. The van der Waals surface area contributed by atoms with Gasteiger partial charge in [0.2, 0.25) is 0 Å². The van der Waals surface area contributed by atoms with E-state index in [9.17, 15) is 0 Å². The van der Waals surface area contributed by atoms with Crippen molar-refractivity contribution < 1.29 is 0 Å². The van der Waals surface area contributed by atoms with Crippen LogP contribution in [0.15, 0.2) is 18.2 Å². The van der Waals surface area contributed by atoms with Gasteiger partial charge < -0.3 is 4.90 Å². The Morgan fingerprint density at radius 1 is 1.22 bits per heavy atom. The fraction of sp³-hybridized carbons (Fsp3) is 0.647. The topological polar surface area (TPSA) is 3.24 Å². The maximum atomic E-state index is 3.24. The lowest BCUT2D eigenvalue weighted by atomic mass is 9.82. The molecule has 1 radical (unpaired) electrons. The number of nitrogens with zero attached hydrogens (tertiary/aromatic N) is 1. The lowest BCUT2D eigenvalue weighted by Crippen LogP contribution is -2.21. The fourth-order valence-corrected chi connectivity index (χ4v) is 2.90. The molecule has 1 aliphatic heterocycles. The molecule has 0 atom stereocenters. The Bertz CT molecular complexity index is 369. The molecule has 99 valence electrons. The van der Waals surface area contributed by atoms with Gasteiger partial charge in [0.25, 0.3) is 0 Å². The first kappa shape index (κ1) is 13.6. The first-order valence-electron chi connectivity index (χ1n) is 7.29. The molecule has 1 aliphatic rings. The molecule has 2 rings (SSSR count). The first-order valence-corrected chi connectivity index (χ1v) is 7.29. The van der Waals surface area contributed by atoms with Crippen molar-refractivity contribution in [2.75, 3.05) is 19.6 Å². The van der Waals surface area contributed by atoms with Crippen LogP contribution in [-0.2, 0) is 11.8 Å². The highest BCUT2D eigenvalue weighted by Crippen LogP contribution is 2.26. The summed E-state index contributed by atoms with van der Waals surface area (Å²) in [5.41, 5.74) is 3.23. The van der Waals surface area contributed by atoms with Gasteiger partial charge in [-0.25, -0.2) is 0 Å². The fourth-order valence-electron chi connectivity index (χ4n) is 2.90. The third-order valence-corrected chi connectivity index (χ3v) is 3.88. The molecule has 0 N–H and O–H groups in total. The monoisotopic (exact) mass is 244 g/mol. The molecule has 1 heterocycles. The maximum absolute atomic E-state index is 3.24. The van der Waals surface area contributed by atoms with Crippen LogP contribution in [-0.4, -0.2) is 24.5 Å². The van der Waals surface area contributed by atoms with Gasteiger partial charge in [-0.2, -0.15) is 0 Å². The van der Waals surface area contributed by atoms with E-state index in [4.69, 9.17) is 0 Å². The number of likely N-dealkylation sites (tertiary alicyclic amines) is 1. The van der Waals surface area contributed by atoms with Crippen LogP contribution >= 0.6 is 0 Å². The summed E-state index contributed by atoms with van der Waals surface area (Å²) in [6.45, 7) is 10.8. The number of rotatable bonds is 4. The van der Waals surface area contributed by atoms with Gasteiger partial charge in [0, 0.05) is 0 Å². The van der Waals surface area contributed by atoms with E-state index < -0.39 is 0 Å². The highest BCUT2D eigenvalue weighted by molar-refractivity contribution is 5.32. The minimum absolute atomic E-state index is 0.248. The summed E-state index contributed by atoms with van der Waals surface area (Å²) in [4.78, 5) is 2.60. The van der Waals surface area contributed by atoms with Crippen LogP contribution in [0, 0.1) is 6.07 Å². The summed E-state index contributed by atoms with van der Waals surface area (Å²) in [5, 5.41) is 0. The summed E-state index contributed by atoms with van der Waals surface area (Å²) >= 11 is 0. The van der Waals surface area contributed by atoms with E-state index in [1.54, 1.807) is 0 Å². The summed E-state index contributed by atoms with van der Waals surface area (Å²) in [6, 6.07) is 9.71. The molecule has 1 saturated heterocycles. The molecule has 0 spiro atoms. The average molecular weight is 244 g/mol. The van der Waals surface area contributed by atoms with E-state index in [1.807, 2.05) is 6.07 Å². The Morgan fingerprint density at radius 3 is 2.61 bits per heavy atom. The SMILES string of the molecule is CC(C)(C)c1cc[c]cc1CCCN1CCCC1. The molecule has 0 amide bonds. The number of hydrogen-bond donors (Lipinski definition) is 0. The summed E-state index contributed by atoms with van der Waals surface area (Å²) in [7, 11) is 0. The Kier molecular flexibility index (Phi) is 4.45. The van der Waals surface area contributed by atoms with Gasteiger partial charge in [0.1, 0.15) is 0 Å². The van der Waals surface area contributed by atoms with E-state index in [0.29, 0.717) is 0 Å². The molecular formula is C17H26N. The summed E-state index contributed by atoms with van der Waals surface area (Å²) in [5.74, 6) is 0. The average Bonchev–Trinajstić information content (AvgIpc) is 2.81. The second kappa shape index (κ2) is 5.88. The standard InChI is InChI=1S/C17H26N/c1-17(2,3)16-11-5-4-9-15(16)10-8-14-18-12-6-7-13-18/h5,9,11H,6-8,10,12-14H2,1-3H3. The molecule has 1 aromatic carbocycles. The molecule has 0 saturated carbocycles. The number of hydrogen-bond acceptors (Lipinski definition) is 1. The van der Waals surface area contributed by atoms with Gasteiger partial charge in [-0.05, 0) is 67.9 Å². The van der Waals surface area contributed by atoms with Crippen molar-refractivity contribution in [2.45, 2.75) is 51.9 Å². The van der Waals surface area contributed by atoms with Gasteiger partial charge in [-0.15, -0.1) is 0 Å². The molecule has 0 aliphatic carbocycles. The molecule has 0 aromatic heterocycles. The normalized spacial score (nSPS) is 17.3. The van der Waals surface area contributed by atoms with Crippen LogP contribution in [0.2, 0.25) is 0 Å². The molecule has 0 unspecified atom stereocenters. The first-order chi connectivity index (χ1) is 8.57. The minimum atomic E-state index is 0.248. The molecular weight excluding hydrogens is 218 g/mol. The van der Waals surface area contributed by atoms with E-state index in [1.165, 1.54) is 56.4 Å². The van der Waals surface area contributed by atoms with E-state index in [2.05, 4.69) is 43.9 Å². The largest absolute Gasteiger partial charge is 0.303 e. The second-order valence-electron chi connectivity index (χ2n) is 6.49. The molecule has 1 fully saturated rings. The number of aryl methyl sites for hydroxylation is 1. The van der Waals surface area contributed by atoms with Crippen LogP contribution in [0.25, 0.3) is 0 Å². The van der Waals surface area contributed by atoms with Crippen molar-refractivity contribution in [1.82, 2.24) is 4.90 Å². The van der Waals surface area contributed by atoms with E-state index >= 15 is 0 Å². The van der Waals surface area contributed by atoms with Gasteiger partial charge in [-0.3, -0.25) is 0 Å². The van der Waals surface area contributed by atoms with Crippen LogP contribution in [0.3, 0.4) is 0 Å². The van der Waals surface area contributed by atoms with Crippen molar-refractivity contribution in [1.29, 1.82) is 0 Å². The zero-order valence-electron chi connectivity index (χ0n) is 12.1. The third kappa shape index (κ3) is 3.58. The third-order valence-electron chi connectivity index (χ3n) is 3.88. The molecule has 1 heteroatoms.